The largest absolute Gasteiger partial charge is 0.563 e. The molecule has 4 heteroatoms. The average Bonchev–Trinajstić information content (AvgIpc) is 2.61. The Morgan fingerprint density at radius 3 is 2.32 bits per heavy atom. The van der Waals surface area contributed by atoms with Crippen molar-refractivity contribution in [1.29, 1.82) is 0 Å². The fourth-order valence-electron chi connectivity index (χ4n) is 2.65. The highest BCUT2D eigenvalue weighted by molar-refractivity contribution is 9.10. The van der Waals surface area contributed by atoms with Crippen LogP contribution in [0.5, 0.6) is 0 Å². The van der Waals surface area contributed by atoms with Gasteiger partial charge in [-0.3, -0.25) is 4.79 Å². The molecule has 123 valence electrons. The maximum atomic E-state index is 12.5. The number of halogens is 1. The molecule has 0 heterocycles. The van der Waals surface area contributed by atoms with Gasteiger partial charge in [-0.15, -0.1) is 0 Å². The first-order chi connectivity index (χ1) is 12.1. The summed E-state index contributed by atoms with van der Waals surface area (Å²) in [6.45, 7) is 3.87. The highest BCUT2D eigenvalue weighted by Crippen LogP contribution is 2.24. The number of carbonyl (C=O) groups excluding carboxylic acids is 1. The number of hydrogen-bond acceptors (Lipinski definition) is 2. The Bertz CT molecular complexity index is 946. The Morgan fingerprint density at radius 1 is 0.960 bits per heavy atom. The first kappa shape index (κ1) is 17.5. The molecule has 0 bridgehead atoms. The van der Waals surface area contributed by atoms with E-state index >= 15 is 0 Å². The maximum absolute atomic E-state index is 12.5. The molecular formula is C21H17BBrO2. The van der Waals surface area contributed by atoms with Crippen molar-refractivity contribution in [2.45, 2.75) is 13.7 Å². The van der Waals surface area contributed by atoms with E-state index < -0.39 is 0 Å². The van der Waals surface area contributed by atoms with Crippen LogP contribution in [0, 0.1) is 6.92 Å². The summed E-state index contributed by atoms with van der Waals surface area (Å²) in [5.41, 5.74) is 2.72. The van der Waals surface area contributed by atoms with E-state index in [0.717, 1.165) is 15.4 Å². The summed E-state index contributed by atoms with van der Waals surface area (Å²) >= 11 is 3.38. The van der Waals surface area contributed by atoms with Gasteiger partial charge in [0.05, 0.1) is 0 Å². The van der Waals surface area contributed by atoms with Gasteiger partial charge in [0.1, 0.15) is 5.76 Å². The lowest BCUT2D eigenvalue weighted by molar-refractivity contribution is 0.104. The van der Waals surface area contributed by atoms with Gasteiger partial charge in [-0.25, -0.2) is 0 Å². The second-order valence-corrected chi connectivity index (χ2v) is 6.71. The smallest absolute Gasteiger partial charge is 0.366 e. The molecule has 25 heavy (non-hydrogen) atoms. The van der Waals surface area contributed by atoms with Crippen molar-refractivity contribution in [2.75, 3.05) is 0 Å². The quantitative estimate of drug-likeness (QED) is 0.237. The fourth-order valence-corrected chi connectivity index (χ4v) is 2.91. The molecule has 0 spiro atoms. The van der Waals surface area contributed by atoms with E-state index in [1.54, 1.807) is 32.5 Å². The Balaban J connectivity index is 1.98. The Labute approximate surface area is 156 Å². The van der Waals surface area contributed by atoms with Crippen molar-refractivity contribution >= 4 is 45.7 Å². The molecule has 0 saturated carbocycles. The van der Waals surface area contributed by atoms with Crippen LogP contribution in [0.15, 0.2) is 71.2 Å². The molecule has 3 rings (SSSR count). The number of allylic oxidation sites excluding steroid dienone is 1. The van der Waals surface area contributed by atoms with Gasteiger partial charge >= 0.3 is 7.48 Å². The fraction of sp³-hybridized carbons (Fsp3) is 0.0952. The van der Waals surface area contributed by atoms with Crippen LogP contribution in [0.1, 0.15) is 21.5 Å². The summed E-state index contributed by atoms with van der Waals surface area (Å²) in [4.78, 5) is 12.5. The predicted molar refractivity (Wildman–Crippen MR) is 108 cm³/mol. The van der Waals surface area contributed by atoms with Crippen LogP contribution in [0.3, 0.4) is 0 Å². The Hall–Kier alpha value is -2.33. The lowest BCUT2D eigenvalue weighted by Gasteiger charge is -2.10. The summed E-state index contributed by atoms with van der Waals surface area (Å²) in [5.74, 6) is 0.450. The number of ketones is 1. The zero-order valence-corrected chi connectivity index (χ0v) is 15.7. The molecule has 2 nitrogen and oxygen atoms in total. The van der Waals surface area contributed by atoms with Crippen LogP contribution >= 0.6 is 15.9 Å². The SMILES string of the molecule is C[B]O/C(=C\C(=O)c1ccc(Br)cc1)c1ccc2cc(C)ccc2c1. The first-order valence-electron chi connectivity index (χ1n) is 8.04. The molecule has 0 aliphatic carbocycles. The molecule has 0 aliphatic heterocycles. The molecule has 1 radical (unpaired) electrons. The van der Waals surface area contributed by atoms with Gasteiger partial charge < -0.3 is 4.65 Å². The standard InChI is InChI=1S/C21H17BBrO2/c1-14-3-4-17-12-18(6-5-16(17)11-14)21(25-22-2)13-20(24)15-7-9-19(23)10-8-15/h3-13H,1-2H3/b21-13-. The Morgan fingerprint density at radius 2 is 1.60 bits per heavy atom. The van der Waals surface area contributed by atoms with Crippen LogP contribution in [0.2, 0.25) is 6.82 Å². The molecule has 0 aromatic heterocycles. The minimum atomic E-state index is -0.0895. The zero-order chi connectivity index (χ0) is 17.8. The van der Waals surface area contributed by atoms with Crippen molar-refractivity contribution < 1.29 is 9.45 Å². The molecule has 0 amide bonds. The minimum Gasteiger partial charge on any atom is -0.563 e. The van der Waals surface area contributed by atoms with Crippen LogP contribution in [-0.4, -0.2) is 13.3 Å². The third-order valence-electron chi connectivity index (χ3n) is 3.92. The van der Waals surface area contributed by atoms with Gasteiger partial charge in [-0.1, -0.05) is 58.6 Å². The molecule has 0 saturated heterocycles. The third-order valence-corrected chi connectivity index (χ3v) is 4.44. The van der Waals surface area contributed by atoms with Gasteiger partial charge in [0.15, 0.2) is 5.78 Å². The van der Waals surface area contributed by atoms with E-state index in [1.807, 2.05) is 24.3 Å². The number of hydrogen-bond donors (Lipinski definition) is 0. The van der Waals surface area contributed by atoms with Crippen molar-refractivity contribution in [1.82, 2.24) is 0 Å². The van der Waals surface area contributed by atoms with Crippen molar-refractivity contribution in [3.63, 3.8) is 0 Å². The number of carbonyl (C=O) groups is 1. The van der Waals surface area contributed by atoms with Gasteiger partial charge in [0.25, 0.3) is 0 Å². The minimum absolute atomic E-state index is 0.0895. The summed E-state index contributed by atoms with van der Waals surface area (Å²) < 4.78 is 6.56. The second kappa shape index (κ2) is 7.71. The molecule has 0 fully saturated rings. The monoisotopic (exact) mass is 391 g/mol. The average molecular weight is 392 g/mol. The van der Waals surface area contributed by atoms with Gasteiger partial charge in [-0.05, 0) is 48.0 Å². The first-order valence-corrected chi connectivity index (χ1v) is 8.83. The summed E-state index contributed by atoms with van der Waals surface area (Å²) in [6.07, 6.45) is 1.54. The van der Waals surface area contributed by atoms with Gasteiger partial charge in [0.2, 0.25) is 0 Å². The third kappa shape index (κ3) is 4.20. The van der Waals surface area contributed by atoms with E-state index in [4.69, 9.17) is 4.65 Å². The van der Waals surface area contributed by atoms with E-state index in [0.29, 0.717) is 11.3 Å². The zero-order valence-electron chi connectivity index (χ0n) is 14.1. The van der Waals surface area contributed by atoms with E-state index in [-0.39, 0.29) is 5.78 Å². The lowest BCUT2D eigenvalue weighted by atomic mass is 10.0. The highest BCUT2D eigenvalue weighted by atomic mass is 79.9. The molecule has 3 aromatic carbocycles. The van der Waals surface area contributed by atoms with Crippen LogP contribution in [0.4, 0.5) is 0 Å². The number of fused-ring (bicyclic) bond motifs is 1. The maximum Gasteiger partial charge on any atom is 0.366 e. The molecular weight excluding hydrogens is 375 g/mol. The van der Waals surface area contributed by atoms with Crippen molar-refractivity contribution in [3.8, 4) is 0 Å². The van der Waals surface area contributed by atoms with Crippen LogP contribution in [-0.2, 0) is 4.65 Å². The van der Waals surface area contributed by atoms with Crippen molar-refractivity contribution in [2.24, 2.45) is 0 Å². The summed E-state index contributed by atoms with van der Waals surface area (Å²) in [6, 6.07) is 19.7. The number of benzene rings is 3. The predicted octanol–water partition coefficient (Wildman–Crippen LogP) is 5.82. The lowest BCUT2D eigenvalue weighted by Crippen LogP contribution is -2.00. The summed E-state index contributed by atoms with van der Waals surface area (Å²) in [7, 11) is 1.58. The van der Waals surface area contributed by atoms with Gasteiger partial charge in [-0.2, -0.15) is 0 Å². The molecule has 3 aromatic rings. The topological polar surface area (TPSA) is 26.3 Å². The highest BCUT2D eigenvalue weighted by Gasteiger charge is 2.09. The number of rotatable bonds is 5. The second-order valence-electron chi connectivity index (χ2n) is 5.80. The molecule has 0 aliphatic rings. The van der Waals surface area contributed by atoms with E-state index in [2.05, 4.69) is 47.1 Å². The normalized spacial score (nSPS) is 11.4. The number of aryl methyl sites for hydroxylation is 1. The van der Waals surface area contributed by atoms with E-state index in [1.165, 1.54) is 10.9 Å². The van der Waals surface area contributed by atoms with E-state index in [9.17, 15) is 4.79 Å². The van der Waals surface area contributed by atoms with Gasteiger partial charge in [0, 0.05) is 21.7 Å². The molecule has 0 atom stereocenters. The van der Waals surface area contributed by atoms with Crippen molar-refractivity contribution in [3.05, 3.63) is 87.9 Å². The molecule has 0 N–H and O–H groups in total. The summed E-state index contributed by atoms with van der Waals surface area (Å²) in [5, 5.41) is 2.28. The van der Waals surface area contributed by atoms with Crippen LogP contribution < -0.4 is 0 Å². The van der Waals surface area contributed by atoms with Crippen LogP contribution in [0.25, 0.3) is 16.5 Å². The molecule has 0 unspecified atom stereocenters. The Kier molecular flexibility index (Phi) is 5.39.